The smallest absolute Gasteiger partial charge is 0.309 e. The Hall–Kier alpha value is -0.870. The predicted octanol–water partition coefficient (Wildman–Crippen LogP) is 2.43. The molecule has 1 N–H and O–H groups in total. The van der Waals surface area contributed by atoms with Crippen molar-refractivity contribution < 1.29 is 14.6 Å². The zero-order chi connectivity index (χ0) is 11.4. The van der Waals surface area contributed by atoms with E-state index in [1.54, 1.807) is 13.8 Å². The van der Waals surface area contributed by atoms with Gasteiger partial charge < -0.3 is 9.84 Å². The SMILES string of the molecule is Cc1ccc(C(O)CC(=O)OC(C)C)s1. The number of carbonyl (C=O) groups excluding carboxylic acids is 1. The molecule has 15 heavy (non-hydrogen) atoms. The number of ether oxygens (including phenoxy) is 1. The van der Waals surface area contributed by atoms with Crippen LogP contribution in [-0.2, 0) is 9.53 Å². The molecule has 0 aliphatic carbocycles. The summed E-state index contributed by atoms with van der Waals surface area (Å²) in [5, 5.41) is 9.73. The number of thiophene rings is 1. The van der Waals surface area contributed by atoms with E-state index in [1.165, 1.54) is 11.3 Å². The van der Waals surface area contributed by atoms with E-state index in [0.29, 0.717) is 0 Å². The number of aliphatic hydroxyl groups is 1. The molecule has 0 amide bonds. The molecule has 3 nitrogen and oxygen atoms in total. The van der Waals surface area contributed by atoms with Crippen molar-refractivity contribution in [3.63, 3.8) is 0 Å². The number of hydrogen-bond donors (Lipinski definition) is 1. The number of carbonyl (C=O) groups is 1. The van der Waals surface area contributed by atoms with Gasteiger partial charge in [-0.3, -0.25) is 4.79 Å². The van der Waals surface area contributed by atoms with Gasteiger partial charge in [-0.2, -0.15) is 0 Å². The van der Waals surface area contributed by atoms with Crippen molar-refractivity contribution in [3.8, 4) is 0 Å². The highest BCUT2D eigenvalue weighted by Gasteiger charge is 2.16. The Morgan fingerprint density at radius 1 is 1.53 bits per heavy atom. The fourth-order valence-electron chi connectivity index (χ4n) is 1.20. The largest absolute Gasteiger partial charge is 0.463 e. The maximum atomic E-state index is 11.3. The summed E-state index contributed by atoms with van der Waals surface area (Å²) in [6.45, 7) is 5.55. The van der Waals surface area contributed by atoms with Gasteiger partial charge in [-0.05, 0) is 32.9 Å². The van der Waals surface area contributed by atoms with Crippen molar-refractivity contribution in [1.29, 1.82) is 0 Å². The Kier molecular flexibility index (Phi) is 4.29. The monoisotopic (exact) mass is 228 g/mol. The first kappa shape index (κ1) is 12.2. The van der Waals surface area contributed by atoms with E-state index < -0.39 is 6.10 Å². The molecule has 0 saturated carbocycles. The summed E-state index contributed by atoms with van der Waals surface area (Å²) in [6.07, 6.45) is -0.845. The number of hydrogen-bond acceptors (Lipinski definition) is 4. The van der Waals surface area contributed by atoms with Crippen LogP contribution < -0.4 is 0 Å². The van der Waals surface area contributed by atoms with Crippen molar-refractivity contribution >= 4 is 17.3 Å². The summed E-state index contributed by atoms with van der Waals surface area (Å²) in [7, 11) is 0. The molecule has 1 atom stereocenters. The lowest BCUT2D eigenvalue weighted by Crippen LogP contribution is -2.14. The zero-order valence-electron chi connectivity index (χ0n) is 9.19. The van der Waals surface area contributed by atoms with Crippen LogP contribution in [0.2, 0.25) is 0 Å². The third-order valence-electron chi connectivity index (χ3n) is 1.82. The van der Waals surface area contributed by atoms with Gasteiger partial charge in [-0.15, -0.1) is 11.3 Å². The van der Waals surface area contributed by atoms with Crippen LogP contribution >= 0.6 is 11.3 Å². The van der Waals surface area contributed by atoms with Crippen molar-refractivity contribution in [1.82, 2.24) is 0 Å². The molecule has 0 aromatic carbocycles. The lowest BCUT2D eigenvalue weighted by atomic mass is 10.2. The highest BCUT2D eigenvalue weighted by atomic mass is 32.1. The van der Waals surface area contributed by atoms with E-state index in [4.69, 9.17) is 4.74 Å². The van der Waals surface area contributed by atoms with Gasteiger partial charge in [0.2, 0.25) is 0 Å². The molecule has 84 valence electrons. The van der Waals surface area contributed by atoms with E-state index in [1.807, 2.05) is 19.1 Å². The molecule has 1 rings (SSSR count). The first-order chi connectivity index (χ1) is 6.99. The molecular formula is C11H16O3S. The summed E-state index contributed by atoms with van der Waals surface area (Å²) in [4.78, 5) is 13.2. The third kappa shape index (κ3) is 4.01. The Morgan fingerprint density at radius 3 is 2.67 bits per heavy atom. The first-order valence-electron chi connectivity index (χ1n) is 4.93. The summed E-state index contributed by atoms with van der Waals surface area (Å²) in [5.74, 6) is -0.358. The van der Waals surface area contributed by atoms with Crippen LogP contribution in [0.3, 0.4) is 0 Å². The Labute approximate surface area is 93.7 Å². The topological polar surface area (TPSA) is 46.5 Å². The van der Waals surface area contributed by atoms with Gasteiger partial charge in [-0.25, -0.2) is 0 Å². The minimum Gasteiger partial charge on any atom is -0.463 e. The van der Waals surface area contributed by atoms with Crippen LogP contribution in [0.4, 0.5) is 0 Å². The van der Waals surface area contributed by atoms with Crippen LogP contribution in [0.25, 0.3) is 0 Å². The van der Waals surface area contributed by atoms with E-state index in [2.05, 4.69) is 0 Å². The van der Waals surface area contributed by atoms with Gasteiger partial charge in [-0.1, -0.05) is 0 Å². The maximum absolute atomic E-state index is 11.3. The molecule has 1 heterocycles. The van der Waals surface area contributed by atoms with E-state index >= 15 is 0 Å². The number of rotatable bonds is 4. The van der Waals surface area contributed by atoms with Crippen LogP contribution in [0, 0.1) is 6.92 Å². The van der Waals surface area contributed by atoms with Crippen molar-refractivity contribution in [2.45, 2.75) is 39.4 Å². The van der Waals surface area contributed by atoms with Gasteiger partial charge in [0.1, 0.15) is 0 Å². The average molecular weight is 228 g/mol. The molecule has 0 fully saturated rings. The molecule has 0 radical (unpaired) electrons. The van der Waals surface area contributed by atoms with Crippen molar-refractivity contribution in [2.24, 2.45) is 0 Å². The van der Waals surface area contributed by atoms with Gasteiger partial charge >= 0.3 is 5.97 Å². The highest BCUT2D eigenvalue weighted by Crippen LogP contribution is 2.25. The molecule has 1 aromatic heterocycles. The lowest BCUT2D eigenvalue weighted by molar-refractivity contribution is -0.149. The van der Waals surface area contributed by atoms with E-state index in [9.17, 15) is 9.90 Å². The molecule has 4 heteroatoms. The Bertz CT molecular complexity index is 330. The normalized spacial score (nSPS) is 12.9. The molecule has 1 unspecified atom stereocenters. The summed E-state index contributed by atoms with van der Waals surface area (Å²) < 4.78 is 4.95. The molecular weight excluding hydrogens is 212 g/mol. The standard InChI is InChI=1S/C11H16O3S/c1-7(2)14-11(13)6-9(12)10-5-4-8(3)15-10/h4-5,7,9,12H,6H2,1-3H3. The van der Waals surface area contributed by atoms with Gasteiger partial charge in [0.05, 0.1) is 18.6 Å². The number of aryl methyl sites for hydroxylation is 1. The second-order valence-corrected chi connectivity index (χ2v) is 5.03. The summed E-state index contributed by atoms with van der Waals surface area (Å²) >= 11 is 1.50. The van der Waals surface area contributed by atoms with E-state index in [0.717, 1.165) is 9.75 Å². The lowest BCUT2D eigenvalue weighted by Gasteiger charge is -2.10. The molecule has 1 aromatic rings. The van der Waals surface area contributed by atoms with Gasteiger partial charge in [0, 0.05) is 9.75 Å². The maximum Gasteiger partial charge on any atom is 0.309 e. The molecule has 0 saturated heterocycles. The first-order valence-corrected chi connectivity index (χ1v) is 5.74. The number of esters is 1. The van der Waals surface area contributed by atoms with Gasteiger partial charge in [0.25, 0.3) is 0 Å². The van der Waals surface area contributed by atoms with Crippen LogP contribution in [0.1, 0.15) is 36.1 Å². The van der Waals surface area contributed by atoms with Crippen molar-refractivity contribution in [3.05, 3.63) is 21.9 Å². The fraction of sp³-hybridized carbons (Fsp3) is 0.545. The Balaban J connectivity index is 2.48. The second kappa shape index (κ2) is 5.28. The van der Waals surface area contributed by atoms with E-state index in [-0.39, 0.29) is 18.5 Å². The van der Waals surface area contributed by atoms with Crippen LogP contribution in [0.15, 0.2) is 12.1 Å². The van der Waals surface area contributed by atoms with Crippen LogP contribution in [0.5, 0.6) is 0 Å². The van der Waals surface area contributed by atoms with Crippen LogP contribution in [-0.4, -0.2) is 17.2 Å². The van der Waals surface area contributed by atoms with Crippen molar-refractivity contribution in [2.75, 3.05) is 0 Å². The zero-order valence-corrected chi connectivity index (χ0v) is 10.0. The number of aliphatic hydroxyl groups excluding tert-OH is 1. The predicted molar refractivity (Wildman–Crippen MR) is 59.9 cm³/mol. The average Bonchev–Trinajstić information content (AvgIpc) is 2.49. The summed E-state index contributed by atoms with van der Waals surface area (Å²) in [6, 6.07) is 3.77. The Morgan fingerprint density at radius 2 is 2.20 bits per heavy atom. The minimum absolute atomic E-state index is 0.0259. The molecule has 0 bridgehead atoms. The second-order valence-electron chi connectivity index (χ2n) is 3.71. The molecule has 0 spiro atoms. The molecule has 0 aliphatic rings. The fourth-order valence-corrected chi connectivity index (χ4v) is 2.07. The quantitative estimate of drug-likeness (QED) is 0.805. The van der Waals surface area contributed by atoms with Gasteiger partial charge in [0.15, 0.2) is 0 Å². The highest BCUT2D eigenvalue weighted by molar-refractivity contribution is 7.12. The third-order valence-corrected chi connectivity index (χ3v) is 2.92. The molecule has 0 aliphatic heterocycles. The minimum atomic E-state index is -0.741. The summed E-state index contributed by atoms with van der Waals surface area (Å²) in [5.41, 5.74) is 0.